The van der Waals surface area contributed by atoms with Crippen LogP contribution in [0.1, 0.15) is 233 Å². The second-order valence-electron chi connectivity index (χ2n) is 16.9. The van der Waals surface area contributed by atoms with Gasteiger partial charge in [-0.25, -0.2) is 0 Å². The summed E-state index contributed by atoms with van der Waals surface area (Å²) >= 11 is 3.27. The van der Waals surface area contributed by atoms with Gasteiger partial charge in [-0.05, 0) is 82.3 Å². The summed E-state index contributed by atoms with van der Waals surface area (Å²) in [6.07, 6.45) is 42.8. The molecule has 0 spiro atoms. The minimum Gasteiger partial charge on any atom is -1.00 e. The Kier molecular flexibility index (Phi) is 62.9. The van der Waals surface area contributed by atoms with Crippen LogP contribution >= 0.6 is 15.9 Å². The zero-order valence-corrected chi connectivity index (χ0v) is 49.8. The van der Waals surface area contributed by atoms with Crippen molar-refractivity contribution >= 4 is 28.1 Å². The summed E-state index contributed by atoms with van der Waals surface area (Å²) in [6.45, 7) is 8.99. The number of carbonyl (C=O) groups is 1. The first kappa shape index (κ1) is 69.9. The summed E-state index contributed by atoms with van der Waals surface area (Å²) < 4.78 is 1.00. The van der Waals surface area contributed by atoms with Crippen molar-refractivity contribution in [2.45, 2.75) is 232 Å². The normalized spacial score (nSPS) is 10.9. The van der Waals surface area contributed by atoms with Gasteiger partial charge in [-0.3, -0.25) is 4.79 Å². The molecule has 0 amide bonds. The monoisotopic (exact) mass is 989 g/mol. The van der Waals surface area contributed by atoms with E-state index in [0.29, 0.717) is 17.6 Å². The molecule has 2 rings (SSSR count). The van der Waals surface area contributed by atoms with Gasteiger partial charge in [-0.1, -0.05) is 210 Å². The minimum absolute atomic E-state index is 0. The Morgan fingerprint density at radius 3 is 1.17 bits per heavy atom. The maximum atomic E-state index is 8.91. The van der Waals surface area contributed by atoms with Crippen LogP contribution in [0.2, 0.25) is 0 Å². The Morgan fingerprint density at radius 2 is 0.889 bits per heavy atom. The molecule has 7 nitrogen and oxygen atoms in total. The summed E-state index contributed by atoms with van der Waals surface area (Å²) in [5.41, 5.74) is 2.63. The number of anilines is 1. The standard InChI is InChI=1S/C26H44N2.C19H41N.C7H4BrN.CH2O3.2K.H/c1-4-5-6-7-8-9-10-11-12-13-14-15-16-17-18-24(2)28(3)26-21-19-25(23-27)20-22-26;1-4-5-6-7-8-9-10-11-12-13-14-15-16-17-18-19(2)20-3;8-7-3-1-6(5-9)2-4-7;2-1-4-3;;;/h19-22,24H,4-18H2,1-3H3;19-20H,4-18H2,1-3H3;1-4H;1,3H;;;/q;;;;2*+1;-1/p-1. The molecule has 0 heterocycles. The van der Waals surface area contributed by atoms with Crippen LogP contribution in [0, 0.1) is 22.7 Å². The second kappa shape index (κ2) is 56.7. The van der Waals surface area contributed by atoms with Gasteiger partial charge in [-0.2, -0.15) is 10.5 Å². The number of nitriles is 2. The van der Waals surface area contributed by atoms with E-state index in [2.05, 4.69) is 91.0 Å². The molecule has 0 aliphatic rings. The molecular weight excluding hydrogens is 899 g/mol. The third kappa shape index (κ3) is 50.1. The van der Waals surface area contributed by atoms with E-state index in [9.17, 15) is 0 Å². The number of hydrogen-bond acceptors (Lipinski definition) is 7. The van der Waals surface area contributed by atoms with E-state index in [1.54, 1.807) is 12.1 Å². The average Bonchev–Trinajstić information content (AvgIpc) is 3.29. The van der Waals surface area contributed by atoms with Crippen LogP contribution < -0.4 is 118 Å². The van der Waals surface area contributed by atoms with Crippen molar-refractivity contribution in [2.24, 2.45) is 0 Å². The average molecular weight is 990 g/mol. The molecular formula is C53H91BrK2N4O3. The molecule has 2 unspecified atom stereocenters. The smallest absolute Gasteiger partial charge is 1.00 e. The Labute approximate surface area is 484 Å². The number of benzene rings is 2. The maximum absolute atomic E-state index is 8.91. The fraction of sp³-hybridized carbons (Fsp3) is 0.717. The van der Waals surface area contributed by atoms with Crippen molar-refractivity contribution in [3.05, 3.63) is 64.1 Å². The van der Waals surface area contributed by atoms with Gasteiger partial charge >= 0.3 is 103 Å². The number of nitrogens with zero attached hydrogens (tertiary/aromatic N) is 3. The number of halogens is 1. The van der Waals surface area contributed by atoms with Crippen molar-refractivity contribution in [2.75, 3.05) is 19.0 Å². The maximum Gasteiger partial charge on any atom is 1.00 e. The predicted molar refractivity (Wildman–Crippen MR) is 265 cm³/mol. The van der Waals surface area contributed by atoms with E-state index in [1.165, 1.54) is 198 Å². The zero-order chi connectivity index (χ0) is 45.4. The molecule has 0 fully saturated rings. The van der Waals surface area contributed by atoms with Crippen LogP contribution in [0.3, 0.4) is 0 Å². The summed E-state index contributed by atoms with van der Waals surface area (Å²) in [4.78, 5) is 13.6. The predicted octanol–water partition coefficient (Wildman–Crippen LogP) is 9.60. The van der Waals surface area contributed by atoms with Crippen molar-refractivity contribution in [1.29, 1.82) is 10.5 Å². The van der Waals surface area contributed by atoms with Gasteiger partial charge in [0, 0.05) is 29.3 Å². The largest absolute Gasteiger partial charge is 1.00 e. The van der Waals surface area contributed by atoms with Crippen molar-refractivity contribution in [1.82, 2.24) is 5.32 Å². The quantitative estimate of drug-likeness (QED) is 0.0245. The summed E-state index contributed by atoms with van der Waals surface area (Å²) in [7, 11) is 4.23. The molecule has 63 heavy (non-hydrogen) atoms. The van der Waals surface area contributed by atoms with E-state index >= 15 is 0 Å². The van der Waals surface area contributed by atoms with E-state index in [-0.39, 0.29) is 111 Å². The van der Waals surface area contributed by atoms with Crippen LogP contribution in [0.15, 0.2) is 53.0 Å². The second-order valence-corrected chi connectivity index (χ2v) is 17.8. The van der Waals surface area contributed by atoms with Crippen molar-refractivity contribution < 1.29 is 119 Å². The van der Waals surface area contributed by atoms with E-state index < -0.39 is 0 Å². The Bertz CT molecular complexity index is 1300. The first-order chi connectivity index (χ1) is 29.7. The SMILES string of the molecule is CCCCCCCCCCCCCCCCC(C)N(C)c1ccc(C#N)cc1.CCCCCCCCCCCCCCCCC(C)NC.N#Cc1ccc(Br)cc1.O=CO[O-].[H-].[K+].[K+]. The summed E-state index contributed by atoms with van der Waals surface area (Å²) in [5, 5.41) is 29.0. The molecule has 2 atom stereocenters. The van der Waals surface area contributed by atoms with Crippen LogP contribution in [0.25, 0.3) is 0 Å². The number of unbranched alkanes of at least 4 members (excludes halogenated alkanes) is 26. The number of rotatable bonds is 34. The van der Waals surface area contributed by atoms with Crippen LogP contribution in [-0.4, -0.2) is 32.7 Å². The van der Waals surface area contributed by atoms with E-state index in [4.69, 9.17) is 20.6 Å². The Balaban J connectivity index is -0.000000280. The summed E-state index contributed by atoms with van der Waals surface area (Å²) in [5.74, 6) is 0. The van der Waals surface area contributed by atoms with E-state index in [0.717, 1.165) is 10.0 Å². The van der Waals surface area contributed by atoms with Crippen LogP contribution in [0.5, 0.6) is 0 Å². The first-order valence-corrected chi connectivity index (χ1v) is 25.3. The van der Waals surface area contributed by atoms with Crippen LogP contribution in [0.4, 0.5) is 5.69 Å². The molecule has 350 valence electrons. The van der Waals surface area contributed by atoms with Gasteiger partial charge in [0.15, 0.2) is 0 Å². The fourth-order valence-electron chi connectivity index (χ4n) is 7.17. The number of carbonyl (C=O) groups excluding carboxylic acids is 1. The van der Waals surface area contributed by atoms with Gasteiger partial charge in [-0.15, -0.1) is 0 Å². The minimum atomic E-state index is -0.181. The fourth-order valence-corrected chi connectivity index (χ4v) is 7.43. The van der Waals surface area contributed by atoms with Crippen LogP contribution in [-0.2, 0) is 9.68 Å². The molecule has 0 saturated carbocycles. The molecule has 10 heteroatoms. The third-order valence-electron chi connectivity index (χ3n) is 11.5. The topological polar surface area (TPSA) is 112 Å². The third-order valence-corrected chi connectivity index (χ3v) is 12.1. The molecule has 0 radical (unpaired) electrons. The van der Waals surface area contributed by atoms with Gasteiger partial charge in [0.25, 0.3) is 6.47 Å². The zero-order valence-electron chi connectivity index (χ0n) is 43.0. The molecule has 0 aromatic heterocycles. The van der Waals surface area contributed by atoms with Crippen molar-refractivity contribution in [3.63, 3.8) is 0 Å². The molecule has 2 aromatic carbocycles. The molecule has 2 aromatic rings. The molecule has 0 bridgehead atoms. The molecule has 0 aliphatic carbocycles. The van der Waals surface area contributed by atoms with E-state index in [1.807, 2.05) is 30.3 Å². The summed E-state index contributed by atoms with van der Waals surface area (Å²) in [6, 6.07) is 20.6. The van der Waals surface area contributed by atoms with Gasteiger partial charge in [0.05, 0.1) is 23.3 Å². The van der Waals surface area contributed by atoms with Gasteiger partial charge < -0.3 is 21.8 Å². The Morgan fingerprint density at radius 1 is 0.603 bits per heavy atom. The Hall–Kier alpha value is 0.363. The number of hydrogen-bond donors (Lipinski definition) is 1. The molecule has 0 aliphatic heterocycles. The van der Waals surface area contributed by atoms with Gasteiger partial charge in [0.2, 0.25) is 0 Å². The van der Waals surface area contributed by atoms with Crippen molar-refractivity contribution in [3.8, 4) is 12.1 Å². The first-order valence-electron chi connectivity index (χ1n) is 24.5. The molecule has 1 N–H and O–H groups in total. The molecule has 0 saturated heterocycles. The number of nitrogens with one attached hydrogen (secondary N) is 1. The van der Waals surface area contributed by atoms with Gasteiger partial charge in [0.1, 0.15) is 0 Å².